The minimum Gasteiger partial charge on any atom is -0.495 e. The number of ether oxygens (including phenoxy) is 1. The van der Waals surface area contributed by atoms with Gasteiger partial charge in [0.25, 0.3) is 0 Å². The highest BCUT2D eigenvalue weighted by atomic mass is 16.5. The molecule has 6 heteroatoms. The second-order valence-electron chi connectivity index (χ2n) is 3.26. The van der Waals surface area contributed by atoms with Crippen LogP contribution in [0.4, 0.5) is 5.69 Å². The molecule has 0 aliphatic heterocycles. The van der Waals surface area contributed by atoms with Crippen LogP contribution in [0.25, 0.3) is 11.4 Å². The molecule has 84 valence electrons. The van der Waals surface area contributed by atoms with E-state index in [0.717, 1.165) is 5.56 Å². The maximum absolute atomic E-state index is 5.80. The van der Waals surface area contributed by atoms with Gasteiger partial charge in [-0.1, -0.05) is 0 Å². The van der Waals surface area contributed by atoms with E-state index in [1.807, 2.05) is 13.0 Å². The smallest absolute Gasteiger partial charge is 0.204 e. The van der Waals surface area contributed by atoms with E-state index >= 15 is 0 Å². The highest BCUT2D eigenvalue weighted by Crippen LogP contribution is 2.25. The van der Waals surface area contributed by atoms with Crippen LogP contribution in [0.5, 0.6) is 5.75 Å². The van der Waals surface area contributed by atoms with E-state index < -0.39 is 0 Å². The molecule has 2 aromatic rings. The molecule has 1 heterocycles. The van der Waals surface area contributed by atoms with Crippen LogP contribution in [0.15, 0.2) is 18.2 Å². The number of tetrazole rings is 1. The van der Waals surface area contributed by atoms with Crippen LogP contribution < -0.4 is 10.5 Å². The van der Waals surface area contributed by atoms with Crippen LogP contribution in [-0.2, 0) is 6.54 Å². The zero-order valence-corrected chi connectivity index (χ0v) is 9.21. The van der Waals surface area contributed by atoms with Crippen molar-refractivity contribution in [3.8, 4) is 17.1 Å². The summed E-state index contributed by atoms with van der Waals surface area (Å²) in [6.45, 7) is 2.65. The zero-order chi connectivity index (χ0) is 11.5. The van der Waals surface area contributed by atoms with E-state index in [1.165, 1.54) is 4.80 Å². The first-order chi connectivity index (χ1) is 7.74. The van der Waals surface area contributed by atoms with E-state index in [9.17, 15) is 0 Å². The fraction of sp³-hybridized carbons (Fsp3) is 0.300. The summed E-state index contributed by atoms with van der Waals surface area (Å²) in [6, 6.07) is 5.42. The van der Waals surface area contributed by atoms with Gasteiger partial charge in [-0.3, -0.25) is 0 Å². The molecule has 0 aliphatic rings. The van der Waals surface area contributed by atoms with Gasteiger partial charge in [0.1, 0.15) is 5.75 Å². The van der Waals surface area contributed by atoms with Gasteiger partial charge in [0, 0.05) is 5.56 Å². The third-order valence-corrected chi connectivity index (χ3v) is 2.22. The standard InChI is InChI=1S/C10H13N5O/c1-3-15-13-10(12-14-15)7-4-5-9(16-2)8(11)6-7/h4-6H,3,11H2,1-2H3. The lowest BCUT2D eigenvalue weighted by Gasteiger charge is -2.04. The summed E-state index contributed by atoms with van der Waals surface area (Å²) in [5.41, 5.74) is 7.20. The molecule has 1 aromatic carbocycles. The average Bonchev–Trinajstić information content (AvgIpc) is 2.77. The minimum atomic E-state index is 0.563. The summed E-state index contributed by atoms with van der Waals surface area (Å²) >= 11 is 0. The molecule has 0 aliphatic carbocycles. The van der Waals surface area contributed by atoms with Crippen LogP contribution in [0.3, 0.4) is 0 Å². The van der Waals surface area contributed by atoms with Crippen molar-refractivity contribution < 1.29 is 4.74 Å². The number of rotatable bonds is 3. The Morgan fingerprint density at radius 2 is 2.25 bits per heavy atom. The maximum atomic E-state index is 5.80. The third kappa shape index (κ3) is 1.81. The largest absolute Gasteiger partial charge is 0.495 e. The van der Waals surface area contributed by atoms with Gasteiger partial charge >= 0.3 is 0 Å². The van der Waals surface area contributed by atoms with Crippen LogP contribution >= 0.6 is 0 Å². The number of aromatic nitrogens is 4. The topological polar surface area (TPSA) is 78.8 Å². The molecule has 2 rings (SSSR count). The highest BCUT2D eigenvalue weighted by Gasteiger charge is 2.07. The Hall–Kier alpha value is -2.11. The van der Waals surface area contributed by atoms with Crippen molar-refractivity contribution >= 4 is 5.69 Å². The number of nitrogen functional groups attached to an aromatic ring is 1. The van der Waals surface area contributed by atoms with Gasteiger partial charge in [0.15, 0.2) is 0 Å². The Morgan fingerprint density at radius 3 is 2.81 bits per heavy atom. The van der Waals surface area contributed by atoms with Gasteiger partial charge in [-0.05, 0) is 30.3 Å². The van der Waals surface area contributed by atoms with Crippen molar-refractivity contribution in [1.82, 2.24) is 20.2 Å². The SMILES string of the molecule is CCn1nnc(-c2ccc(OC)c(N)c2)n1. The Bertz CT molecular complexity index is 494. The van der Waals surface area contributed by atoms with E-state index in [0.29, 0.717) is 23.8 Å². The van der Waals surface area contributed by atoms with Crippen LogP contribution in [0.2, 0.25) is 0 Å². The van der Waals surface area contributed by atoms with Gasteiger partial charge in [-0.15, -0.1) is 10.2 Å². The normalized spacial score (nSPS) is 10.4. The Balaban J connectivity index is 2.37. The summed E-state index contributed by atoms with van der Waals surface area (Å²) in [5.74, 6) is 1.21. The fourth-order valence-electron chi connectivity index (χ4n) is 1.37. The fourth-order valence-corrected chi connectivity index (χ4v) is 1.37. The van der Waals surface area contributed by atoms with Gasteiger partial charge in [0.2, 0.25) is 5.82 Å². The van der Waals surface area contributed by atoms with E-state index in [4.69, 9.17) is 10.5 Å². The Morgan fingerprint density at radius 1 is 1.44 bits per heavy atom. The lowest BCUT2D eigenvalue weighted by Crippen LogP contribution is -1.98. The van der Waals surface area contributed by atoms with Gasteiger partial charge < -0.3 is 10.5 Å². The summed E-state index contributed by atoms with van der Waals surface area (Å²) in [4.78, 5) is 1.52. The number of benzene rings is 1. The number of nitrogens with zero attached hydrogens (tertiary/aromatic N) is 4. The first-order valence-electron chi connectivity index (χ1n) is 4.96. The second-order valence-corrected chi connectivity index (χ2v) is 3.26. The summed E-state index contributed by atoms with van der Waals surface area (Å²) in [6.07, 6.45) is 0. The second kappa shape index (κ2) is 4.18. The molecule has 0 saturated carbocycles. The first-order valence-corrected chi connectivity index (χ1v) is 4.96. The lowest BCUT2D eigenvalue weighted by atomic mass is 10.2. The summed E-state index contributed by atoms with van der Waals surface area (Å²) in [7, 11) is 1.58. The van der Waals surface area contributed by atoms with Gasteiger partial charge in [0.05, 0.1) is 19.3 Å². The molecule has 0 fully saturated rings. The first kappa shape index (κ1) is 10.4. The van der Waals surface area contributed by atoms with Gasteiger partial charge in [-0.2, -0.15) is 4.80 Å². The van der Waals surface area contributed by atoms with Crippen LogP contribution in [-0.4, -0.2) is 27.3 Å². The minimum absolute atomic E-state index is 0.563. The number of hydrogen-bond donors (Lipinski definition) is 1. The number of anilines is 1. The maximum Gasteiger partial charge on any atom is 0.204 e. The Labute approximate surface area is 93.0 Å². The molecule has 0 bridgehead atoms. The number of aryl methyl sites for hydroxylation is 1. The van der Waals surface area contributed by atoms with Gasteiger partial charge in [-0.25, -0.2) is 0 Å². The van der Waals surface area contributed by atoms with E-state index in [2.05, 4.69) is 15.4 Å². The van der Waals surface area contributed by atoms with Crippen molar-refractivity contribution in [3.63, 3.8) is 0 Å². The van der Waals surface area contributed by atoms with Crippen molar-refractivity contribution in [2.45, 2.75) is 13.5 Å². The molecular formula is C10H13N5O. The number of hydrogen-bond acceptors (Lipinski definition) is 5. The molecule has 0 spiro atoms. The lowest BCUT2D eigenvalue weighted by molar-refractivity contribution is 0.417. The van der Waals surface area contributed by atoms with E-state index in [-0.39, 0.29) is 0 Å². The molecule has 0 atom stereocenters. The molecular weight excluding hydrogens is 206 g/mol. The molecule has 0 saturated heterocycles. The quantitative estimate of drug-likeness (QED) is 0.777. The zero-order valence-electron chi connectivity index (χ0n) is 9.21. The Kier molecular flexibility index (Phi) is 2.72. The molecule has 6 nitrogen and oxygen atoms in total. The predicted octanol–water partition coefficient (Wildman–Crippen LogP) is 0.951. The van der Waals surface area contributed by atoms with Crippen molar-refractivity contribution in [3.05, 3.63) is 18.2 Å². The number of methoxy groups -OCH3 is 1. The number of nitrogens with two attached hydrogens (primary N) is 1. The molecule has 0 unspecified atom stereocenters. The molecule has 0 amide bonds. The molecule has 2 N–H and O–H groups in total. The summed E-state index contributed by atoms with van der Waals surface area (Å²) in [5, 5.41) is 12.0. The van der Waals surface area contributed by atoms with Crippen LogP contribution in [0.1, 0.15) is 6.92 Å². The summed E-state index contributed by atoms with van der Waals surface area (Å²) < 4.78 is 5.08. The predicted molar refractivity (Wildman–Crippen MR) is 59.9 cm³/mol. The third-order valence-electron chi connectivity index (χ3n) is 2.22. The molecule has 16 heavy (non-hydrogen) atoms. The molecule has 0 radical (unpaired) electrons. The van der Waals surface area contributed by atoms with Crippen molar-refractivity contribution in [2.24, 2.45) is 0 Å². The monoisotopic (exact) mass is 219 g/mol. The van der Waals surface area contributed by atoms with Crippen molar-refractivity contribution in [1.29, 1.82) is 0 Å². The highest BCUT2D eigenvalue weighted by molar-refractivity contribution is 5.65. The van der Waals surface area contributed by atoms with Crippen LogP contribution in [0, 0.1) is 0 Å². The average molecular weight is 219 g/mol. The van der Waals surface area contributed by atoms with Crippen molar-refractivity contribution in [2.75, 3.05) is 12.8 Å². The van der Waals surface area contributed by atoms with E-state index in [1.54, 1.807) is 19.2 Å². The molecule has 1 aromatic heterocycles.